The number of carbonyl (C=O) groups is 1. The lowest BCUT2D eigenvalue weighted by molar-refractivity contribution is -0.118. The van der Waals surface area contributed by atoms with E-state index in [-0.39, 0.29) is 11.7 Å². The maximum Gasteiger partial charge on any atom is 0.159 e. The van der Waals surface area contributed by atoms with Gasteiger partial charge in [0.2, 0.25) is 0 Å². The van der Waals surface area contributed by atoms with Gasteiger partial charge in [0.1, 0.15) is 0 Å². The van der Waals surface area contributed by atoms with E-state index in [1.54, 1.807) is 6.08 Å². The largest absolute Gasteiger partial charge is 0.309 e. The summed E-state index contributed by atoms with van der Waals surface area (Å²) in [5.41, 5.74) is 2.30. The van der Waals surface area contributed by atoms with Gasteiger partial charge >= 0.3 is 0 Å². The third-order valence-electron chi connectivity index (χ3n) is 2.64. The molecule has 1 aromatic carbocycles. The quantitative estimate of drug-likeness (QED) is 0.726. The lowest BCUT2D eigenvalue weighted by Crippen LogP contribution is -2.24. The van der Waals surface area contributed by atoms with Crippen molar-refractivity contribution in [3.8, 4) is 0 Å². The Bertz CT molecular complexity index is 390. The zero-order valence-electron chi connectivity index (χ0n) is 11.1. The fraction of sp³-hybridized carbons (Fsp3) is 0.400. The lowest BCUT2D eigenvalue weighted by Gasteiger charge is -2.13. The Hall–Kier alpha value is -1.41. The Morgan fingerprint density at radius 2 is 1.88 bits per heavy atom. The molecule has 0 aromatic heterocycles. The van der Waals surface area contributed by atoms with Gasteiger partial charge in [-0.25, -0.2) is 0 Å². The van der Waals surface area contributed by atoms with Crippen LogP contribution in [0, 0.1) is 12.8 Å². The SMILES string of the molecule is Cc1ccc(/C=C\C(=O)[C@H](C)CN(C)C)cc1. The van der Waals surface area contributed by atoms with E-state index in [0.29, 0.717) is 0 Å². The van der Waals surface area contributed by atoms with Gasteiger partial charge in [-0.3, -0.25) is 4.79 Å². The molecule has 1 aromatic rings. The Morgan fingerprint density at radius 3 is 2.41 bits per heavy atom. The number of allylic oxidation sites excluding steroid dienone is 1. The fourth-order valence-electron chi connectivity index (χ4n) is 1.66. The van der Waals surface area contributed by atoms with E-state index < -0.39 is 0 Å². The smallest absolute Gasteiger partial charge is 0.159 e. The van der Waals surface area contributed by atoms with Crippen LogP contribution in [0.4, 0.5) is 0 Å². The van der Waals surface area contributed by atoms with Gasteiger partial charge in [0, 0.05) is 12.5 Å². The van der Waals surface area contributed by atoms with Crippen molar-refractivity contribution in [3.05, 3.63) is 41.5 Å². The predicted octanol–water partition coefficient (Wildman–Crippen LogP) is 2.78. The van der Waals surface area contributed by atoms with Crippen molar-refractivity contribution < 1.29 is 4.79 Å². The zero-order valence-corrected chi connectivity index (χ0v) is 11.1. The summed E-state index contributed by atoms with van der Waals surface area (Å²) in [4.78, 5) is 13.8. The van der Waals surface area contributed by atoms with Crippen LogP contribution in [0.2, 0.25) is 0 Å². The van der Waals surface area contributed by atoms with Crippen LogP contribution < -0.4 is 0 Å². The lowest BCUT2D eigenvalue weighted by atomic mass is 10.0. The van der Waals surface area contributed by atoms with Gasteiger partial charge in [-0.2, -0.15) is 0 Å². The summed E-state index contributed by atoms with van der Waals surface area (Å²) < 4.78 is 0. The molecule has 92 valence electrons. The first kappa shape index (κ1) is 13.7. The van der Waals surface area contributed by atoms with Gasteiger partial charge in [0.05, 0.1) is 0 Å². The van der Waals surface area contributed by atoms with Crippen LogP contribution in [-0.2, 0) is 4.79 Å². The third-order valence-corrected chi connectivity index (χ3v) is 2.64. The second kappa shape index (κ2) is 6.36. The zero-order chi connectivity index (χ0) is 12.8. The molecule has 0 saturated carbocycles. The minimum Gasteiger partial charge on any atom is -0.309 e. The molecular formula is C15H21NO. The summed E-state index contributed by atoms with van der Waals surface area (Å²) in [6, 6.07) is 8.15. The first-order chi connectivity index (χ1) is 7.99. The summed E-state index contributed by atoms with van der Waals surface area (Å²) >= 11 is 0. The predicted molar refractivity (Wildman–Crippen MR) is 72.9 cm³/mol. The van der Waals surface area contributed by atoms with Crippen molar-refractivity contribution in [2.45, 2.75) is 13.8 Å². The number of rotatable bonds is 5. The van der Waals surface area contributed by atoms with Crippen LogP contribution >= 0.6 is 0 Å². The van der Waals surface area contributed by atoms with E-state index >= 15 is 0 Å². The molecule has 0 fully saturated rings. The molecule has 0 heterocycles. The Balaban J connectivity index is 2.58. The molecule has 1 atom stereocenters. The van der Waals surface area contributed by atoms with Gasteiger partial charge in [0.25, 0.3) is 0 Å². The first-order valence-electron chi connectivity index (χ1n) is 5.92. The molecule has 1 rings (SSSR count). The highest BCUT2D eigenvalue weighted by atomic mass is 16.1. The Morgan fingerprint density at radius 1 is 1.29 bits per heavy atom. The topological polar surface area (TPSA) is 20.3 Å². The summed E-state index contributed by atoms with van der Waals surface area (Å²) in [6.07, 6.45) is 3.56. The maximum absolute atomic E-state index is 11.8. The molecule has 0 spiro atoms. The summed E-state index contributed by atoms with van der Waals surface area (Å²) in [5.74, 6) is 0.228. The molecule has 0 unspecified atom stereocenters. The highest BCUT2D eigenvalue weighted by Gasteiger charge is 2.10. The van der Waals surface area contributed by atoms with Crippen molar-refractivity contribution in [2.24, 2.45) is 5.92 Å². The molecule has 17 heavy (non-hydrogen) atoms. The molecule has 0 bridgehead atoms. The molecule has 0 saturated heterocycles. The van der Waals surface area contributed by atoms with Crippen LogP contribution in [-0.4, -0.2) is 31.3 Å². The molecular weight excluding hydrogens is 210 g/mol. The van der Waals surface area contributed by atoms with E-state index in [1.807, 2.05) is 56.3 Å². The van der Waals surface area contributed by atoms with Gasteiger partial charge in [0.15, 0.2) is 5.78 Å². The van der Waals surface area contributed by atoms with Crippen LogP contribution in [0.1, 0.15) is 18.1 Å². The van der Waals surface area contributed by atoms with Crippen molar-refractivity contribution in [1.82, 2.24) is 4.90 Å². The van der Waals surface area contributed by atoms with Gasteiger partial charge in [-0.05, 0) is 32.7 Å². The molecule has 0 radical (unpaired) electrons. The highest BCUT2D eigenvalue weighted by molar-refractivity contribution is 5.95. The molecule has 0 aliphatic rings. The number of hydrogen-bond donors (Lipinski definition) is 0. The number of nitrogens with zero attached hydrogens (tertiary/aromatic N) is 1. The van der Waals surface area contributed by atoms with Crippen molar-refractivity contribution in [2.75, 3.05) is 20.6 Å². The average Bonchev–Trinajstić information content (AvgIpc) is 2.27. The standard InChI is InChI=1S/C15H21NO/c1-12-5-7-14(8-6-12)9-10-15(17)13(2)11-16(3)4/h5-10,13H,11H2,1-4H3/b10-9-/t13-/m1/s1. The Labute approximate surface area is 104 Å². The second-order valence-electron chi connectivity index (χ2n) is 4.81. The minimum absolute atomic E-state index is 0.0479. The molecule has 2 heteroatoms. The molecule has 0 N–H and O–H groups in total. The van der Waals surface area contributed by atoms with Crippen molar-refractivity contribution in [1.29, 1.82) is 0 Å². The van der Waals surface area contributed by atoms with Crippen LogP contribution in [0.25, 0.3) is 6.08 Å². The van der Waals surface area contributed by atoms with E-state index in [0.717, 1.165) is 12.1 Å². The second-order valence-corrected chi connectivity index (χ2v) is 4.81. The van der Waals surface area contributed by atoms with Crippen LogP contribution in [0.5, 0.6) is 0 Å². The average molecular weight is 231 g/mol. The van der Waals surface area contributed by atoms with E-state index in [2.05, 4.69) is 6.92 Å². The van der Waals surface area contributed by atoms with E-state index in [4.69, 9.17) is 0 Å². The van der Waals surface area contributed by atoms with Gasteiger partial charge in [-0.1, -0.05) is 42.8 Å². The van der Waals surface area contributed by atoms with Gasteiger partial charge < -0.3 is 4.90 Å². The molecule has 2 nitrogen and oxygen atoms in total. The fourth-order valence-corrected chi connectivity index (χ4v) is 1.66. The monoisotopic (exact) mass is 231 g/mol. The molecule has 0 aliphatic heterocycles. The Kier molecular flexibility index (Phi) is 5.11. The van der Waals surface area contributed by atoms with Crippen molar-refractivity contribution >= 4 is 11.9 Å². The number of ketones is 1. The number of carbonyl (C=O) groups excluding carboxylic acids is 1. The minimum atomic E-state index is 0.0479. The summed E-state index contributed by atoms with van der Waals surface area (Å²) in [5, 5.41) is 0. The number of hydrogen-bond acceptors (Lipinski definition) is 2. The molecule has 0 amide bonds. The molecule has 0 aliphatic carbocycles. The number of benzene rings is 1. The van der Waals surface area contributed by atoms with Crippen LogP contribution in [0.15, 0.2) is 30.3 Å². The van der Waals surface area contributed by atoms with Crippen molar-refractivity contribution in [3.63, 3.8) is 0 Å². The normalized spacial score (nSPS) is 13.2. The number of aryl methyl sites for hydroxylation is 1. The summed E-state index contributed by atoms with van der Waals surface area (Å²) in [6.45, 7) is 4.80. The highest BCUT2D eigenvalue weighted by Crippen LogP contribution is 2.07. The van der Waals surface area contributed by atoms with E-state index in [9.17, 15) is 4.79 Å². The van der Waals surface area contributed by atoms with Crippen LogP contribution in [0.3, 0.4) is 0 Å². The first-order valence-corrected chi connectivity index (χ1v) is 5.92. The third kappa shape index (κ3) is 4.96. The summed E-state index contributed by atoms with van der Waals surface area (Å²) in [7, 11) is 3.96. The maximum atomic E-state index is 11.8. The van der Waals surface area contributed by atoms with E-state index in [1.165, 1.54) is 5.56 Å². The van der Waals surface area contributed by atoms with Gasteiger partial charge in [-0.15, -0.1) is 0 Å².